The molecular formula is C11H14BrN5O. The zero-order valence-corrected chi connectivity index (χ0v) is 11.8. The number of carbonyl (C=O) groups is 1. The lowest BCUT2D eigenvalue weighted by molar-refractivity contribution is 0.0951. The fourth-order valence-electron chi connectivity index (χ4n) is 1.56. The highest BCUT2D eigenvalue weighted by molar-refractivity contribution is 9.10. The third kappa shape index (κ3) is 2.79. The second-order valence-electron chi connectivity index (χ2n) is 3.94. The molecule has 0 bridgehead atoms. The molecule has 0 radical (unpaired) electrons. The van der Waals surface area contributed by atoms with Crippen molar-refractivity contribution >= 4 is 21.8 Å². The summed E-state index contributed by atoms with van der Waals surface area (Å²) < 4.78 is 4.37. The Morgan fingerprint density at radius 2 is 2.22 bits per heavy atom. The van der Waals surface area contributed by atoms with Gasteiger partial charge in [-0.05, 0) is 22.9 Å². The lowest BCUT2D eigenvalue weighted by Crippen LogP contribution is -2.27. The standard InChI is InChI=1S/C11H14BrN5O/c1-8-10(6-14-16(8)2)11(18)13-3-4-17-7-9(12)5-15-17/h5-7H,3-4H2,1-2H3,(H,13,18). The summed E-state index contributed by atoms with van der Waals surface area (Å²) >= 11 is 3.32. The van der Waals surface area contributed by atoms with Crippen molar-refractivity contribution in [2.75, 3.05) is 6.54 Å². The molecule has 2 heterocycles. The third-order valence-corrected chi connectivity index (χ3v) is 3.12. The Hall–Kier alpha value is -1.63. The highest BCUT2D eigenvalue weighted by Gasteiger charge is 2.11. The van der Waals surface area contributed by atoms with Crippen LogP contribution in [0.25, 0.3) is 0 Å². The van der Waals surface area contributed by atoms with Crippen molar-refractivity contribution in [2.24, 2.45) is 7.05 Å². The molecule has 1 amide bonds. The minimum absolute atomic E-state index is 0.105. The number of hydrogen-bond donors (Lipinski definition) is 1. The Balaban J connectivity index is 1.87. The molecule has 2 rings (SSSR count). The summed E-state index contributed by atoms with van der Waals surface area (Å²) in [6, 6.07) is 0. The zero-order valence-electron chi connectivity index (χ0n) is 10.2. The highest BCUT2D eigenvalue weighted by Crippen LogP contribution is 2.06. The van der Waals surface area contributed by atoms with E-state index in [1.807, 2.05) is 20.2 Å². The largest absolute Gasteiger partial charge is 0.350 e. The molecule has 18 heavy (non-hydrogen) atoms. The second-order valence-corrected chi connectivity index (χ2v) is 4.86. The molecule has 0 atom stereocenters. The SMILES string of the molecule is Cc1c(C(=O)NCCn2cc(Br)cn2)cnn1C. The normalized spacial score (nSPS) is 10.6. The first-order valence-electron chi connectivity index (χ1n) is 5.52. The topological polar surface area (TPSA) is 64.7 Å². The lowest BCUT2D eigenvalue weighted by Gasteiger charge is -2.05. The van der Waals surface area contributed by atoms with Gasteiger partial charge in [0.1, 0.15) is 0 Å². The Morgan fingerprint density at radius 3 is 2.78 bits per heavy atom. The van der Waals surface area contributed by atoms with Crippen LogP contribution in [0, 0.1) is 6.92 Å². The molecule has 0 aliphatic rings. The summed E-state index contributed by atoms with van der Waals surface area (Å²) in [6.07, 6.45) is 5.16. The van der Waals surface area contributed by atoms with Crippen LogP contribution >= 0.6 is 15.9 Å². The fraction of sp³-hybridized carbons (Fsp3) is 0.364. The van der Waals surface area contributed by atoms with Crippen LogP contribution in [0.4, 0.5) is 0 Å². The van der Waals surface area contributed by atoms with Crippen molar-refractivity contribution < 1.29 is 4.79 Å². The van der Waals surface area contributed by atoms with Gasteiger partial charge in [-0.3, -0.25) is 14.2 Å². The summed E-state index contributed by atoms with van der Waals surface area (Å²) in [5, 5.41) is 11.0. The second kappa shape index (κ2) is 5.34. The van der Waals surface area contributed by atoms with Gasteiger partial charge in [-0.2, -0.15) is 10.2 Å². The zero-order chi connectivity index (χ0) is 13.1. The Kier molecular flexibility index (Phi) is 3.81. The van der Waals surface area contributed by atoms with E-state index in [1.54, 1.807) is 21.8 Å². The predicted molar refractivity (Wildman–Crippen MR) is 70.2 cm³/mol. The van der Waals surface area contributed by atoms with Crippen LogP contribution in [0.1, 0.15) is 16.1 Å². The minimum atomic E-state index is -0.105. The number of rotatable bonds is 4. The van der Waals surface area contributed by atoms with E-state index in [1.165, 1.54) is 0 Å². The molecule has 2 aromatic heterocycles. The number of aryl methyl sites for hydroxylation is 1. The predicted octanol–water partition coefficient (Wildman–Crippen LogP) is 1.12. The maximum atomic E-state index is 11.9. The van der Waals surface area contributed by atoms with Crippen LogP contribution in [0.5, 0.6) is 0 Å². The summed E-state index contributed by atoms with van der Waals surface area (Å²) in [4.78, 5) is 11.9. The molecule has 0 aliphatic heterocycles. The average molecular weight is 312 g/mol. The maximum absolute atomic E-state index is 11.9. The van der Waals surface area contributed by atoms with Crippen molar-refractivity contribution in [1.29, 1.82) is 0 Å². The average Bonchev–Trinajstić information content (AvgIpc) is 2.87. The first-order valence-corrected chi connectivity index (χ1v) is 6.32. The molecule has 0 saturated heterocycles. The molecule has 7 heteroatoms. The van der Waals surface area contributed by atoms with E-state index in [0.29, 0.717) is 18.7 Å². The van der Waals surface area contributed by atoms with Gasteiger partial charge >= 0.3 is 0 Å². The fourth-order valence-corrected chi connectivity index (χ4v) is 1.89. The van der Waals surface area contributed by atoms with E-state index in [4.69, 9.17) is 0 Å². The van der Waals surface area contributed by atoms with Crippen LogP contribution in [-0.4, -0.2) is 32.0 Å². The number of aromatic nitrogens is 4. The van der Waals surface area contributed by atoms with E-state index in [0.717, 1.165) is 10.2 Å². The van der Waals surface area contributed by atoms with E-state index in [9.17, 15) is 4.79 Å². The smallest absolute Gasteiger partial charge is 0.254 e. The minimum Gasteiger partial charge on any atom is -0.350 e. The number of hydrogen-bond acceptors (Lipinski definition) is 3. The molecule has 6 nitrogen and oxygen atoms in total. The summed E-state index contributed by atoms with van der Waals surface area (Å²) in [7, 11) is 1.81. The first kappa shape index (κ1) is 12.8. The molecule has 2 aromatic rings. The Labute approximate surface area is 113 Å². The summed E-state index contributed by atoms with van der Waals surface area (Å²) in [6.45, 7) is 3.03. The monoisotopic (exact) mass is 311 g/mol. The summed E-state index contributed by atoms with van der Waals surface area (Å²) in [5.41, 5.74) is 1.47. The molecule has 0 aliphatic carbocycles. The van der Waals surface area contributed by atoms with Gasteiger partial charge in [0.05, 0.1) is 29.0 Å². The van der Waals surface area contributed by atoms with Crippen LogP contribution in [0.3, 0.4) is 0 Å². The van der Waals surface area contributed by atoms with E-state index in [-0.39, 0.29) is 5.91 Å². The van der Waals surface area contributed by atoms with E-state index < -0.39 is 0 Å². The molecule has 1 N–H and O–H groups in total. The van der Waals surface area contributed by atoms with Crippen LogP contribution in [0.2, 0.25) is 0 Å². The van der Waals surface area contributed by atoms with Gasteiger partial charge in [-0.15, -0.1) is 0 Å². The van der Waals surface area contributed by atoms with Crippen molar-refractivity contribution in [3.05, 3.63) is 34.3 Å². The maximum Gasteiger partial charge on any atom is 0.254 e. The van der Waals surface area contributed by atoms with Crippen LogP contribution in [-0.2, 0) is 13.6 Å². The Bertz CT molecular complexity index is 560. The molecule has 96 valence electrons. The molecular weight excluding hydrogens is 298 g/mol. The number of halogens is 1. The third-order valence-electron chi connectivity index (χ3n) is 2.71. The van der Waals surface area contributed by atoms with Gasteiger partial charge in [0.15, 0.2) is 0 Å². The quantitative estimate of drug-likeness (QED) is 0.920. The van der Waals surface area contributed by atoms with E-state index in [2.05, 4.69) is 31.4 Å². The van der Waals surface area contributed by atoms with Crippen LogP contribution < -0.4 is 5.32 Å². The molecule has 0 spiro atoms. The lowest BCUT2D eigenvalue weighted by atomic mass is 10.2. The number of nitrogens with one attached hydrogen (secondary N) is 1. The van der Waals surface area contributed by atoms with Crippen molar-refractivity contribution in [1.82, 2.24) is 24.9 Å². The molecule has 0 saturated carbocycles. The van der Waals surface area contributed by atoms with Gasteiger partial charge in [-0.25, -0.2) is 0 Å². The first-order chi connectivity index (χ1) is 8.58. The van der Waals surface area contributed by atoms with Gasteiger partial charge in [-0.1, -0.05) is 0 Å². The van der Waals surface area contributed by atoms with E-state index >= 15 is 0 Å². The number of nitrogens with zero attached hydrogens (tertiary/aromatic N) is 4. The van der Waals surface area contributed by atoms with Crippen molar-refractivity contribution in [3.63, 3.8) is 0 Å². The summed E-state index contributed by atoms with van der Waals surface area (Å²) in [5.74, 6) is -0.105. The highest BCUT2D eigenvalue weighted by atomic mass is 79.9. The van der Waals surface area contributed by atoms with Crippen molar-refractivity contribution in [3.8, 4) is 0 Å². The van der Waals surface area contributed by atoms with Crippen LogP contribution in [0.15, 0.2) is 23.1 Å². The van der Waals surface area contributed by atoms with Crippen molar-refractivity contribution in [2.45, 2.75) is 13.5 Å². The van der Waals surface area contributed by atoms with Gasteiger partial charge in [0.2, 0.25) is 0 Å². The van der Waals surface area contributed by atoms with Gasteiger partial charge in [0.25, 0.3) is 5.91 Å². The Morgan fingerprint density at radius 1 is 1.44 bits per heavy atom. The number of amides is 1. The molecule has 0 aromatic carbocycles. The van der Waals surface area contributed by atoms with Gasteiger partial charge in [0, 0.05) is 25.5 Å². The molecule has 0 unspecified atom stereocenters. The molecule has 0 fully saturated rings. The number of carbonyl (C=O) groups excluding carboxylic acids is 1. The van der Waals surface area contributed by atoms with Gasteiger partial charge < -0.3 is 5.32 Å².